The quantitative estimate of drug-likeness (QED) is 0.143. The summed E-state index contributed by atoms with van der Waals surface area (Å²) in [5, 5.41) is 4.90. The van der Waals surface area contributed by atoms with Gasteiger partial charge in [0, 0.05) is 8.07 Å². The van der Waals surface area contributed by atoms with Crippen LogP contribution in [-0.4, -0.2) is 51.5 Å². The van der Waals surface area contributed by atoms with Crippen molar-refractivity contribution in [3.63, 3.8) is 0 Å². The topological polar surface area (TPSA) is 129 Å². The van der Waals surface area contributed by atoms with Crippen LogP contribution in [0, 0.1) is 0 Å². The van der Waals surface area contributed by atoms with Crippen LogP contribution in [0.3, 0.4) is 0 Å². The predicted molar refractivity (Wildman–Crippen MR) is 163 cm³/mol. The number of benzene rings is 2. The van der Waals surface area contributed by atoms with E-state index in [0.29, 0.717) is 11.1 Å². The average molecular weight is 597 g/mol. The number of esters is 2. The summed E-state index contributed by atoms with van der Waals surface area (Å²) in [7, 11) is -0.270. The van der Waals surface area contributed by atoms with Crippen molar-refractivity contribution in [2.24, 2.45) is 0 Å². The van der Waals surface area contributed by atoms with Crippen molar-refractivity contribution in [3.05, 3.63) is 82.7 Å². The van der Waals surface area contributed by atoms with Gasteiger partial charge in [-0.25, -0.2) is 19.2 Å². The van der Waals surface area contributed by atoms with Gasteiger partial charge < -0.3 is 18.9 Å². The maximum absolute atomic E-state index is 12.9. The molecule has 0 radical (unpaired) electrons. The Morgan fingerprint density at radius 1 is 0.786 bits per heavy atom. The second-order valence-corrected chi connectivity index (χ2v) is 17.2. The highest BCUT2D eigenvalue weighted by molar-refractivity contribution is 6.76. The zero-order chi connectivity index (χ0) is 31.3. The van der Waals surface area contributed by atoms with Gasteiger partial charge in [-0.1, -0.05) is 68.2 Å². The normalized spacial score (nSPS) is 12.2. The lowest BCUT2D eigenvalue weighted by Crippen LogP contribution is -2.35. The number of alkyl carbamates (subject to hydrolysis) is 2. The minimum atomic E-state index is -1.46. The maximum atomic E-state index is 12.9. The number of amides is 2. The zero-order valence-electron chi connectivity index (χ0n) is 25.2. The fourth-order valence-corrected chi connectivity index (χ4v) is 4.00. The molecule has 2 aromatic rings. The molecule has 42 heavy (non-hydrogen) atoms. The summed E-state index contributed by atoms with van der Waals surface area (Å²) in [6, 6.07) is 16.6. The molecule has 226 valence electrons. The molecule has 0 bridgehead atoms. The van der Waals surface area contributed by atoms with Crippen molar-refractivity contribution in [1.82, 2.24) is 10.6 Å². The highest BCUT2D eigenvalue weighted by Crippen LogP contribution is 2.15. The van der Waals surface area contributed by atoms with Crippen LogP contribution in [0.2, 0.25) is 25.7 Å². The molecule has 2 rings (SSSR count). The van der Waals surface area contributed by atoms with Crippen LogP contribution >= 0.6 is 0 Å². The molecule has 2 aromatic carbocycles. The summed E-state index contributed by atoms with van der Waals surface area (Å²) in [5.74, 6) is -1.50. The van der Waals surface area contributed by atoms with Crippen molar-refractivity contribution in [3.8, 4) is 0 Å². The van der Waals surface area contributed by atoms with E-state index in [1.807, 2.05) is 18.2 Å². The standard InChI is InChI=1S/C31H40N2O8Si/c1-31(2,3)41-30(37)33-26(28(35)39-16-17-42(5,6)7)20-24-15-11-14-23(18-24)19-25(27(34)38-4)32-29(36)40-21-22-12-9-8-10-13-22/h8-15,18-20H,16-17,21H2,1-7H3,(H,32,36)(H,33,37)/b25-19-,26-20-. The van der Waals surface area contributed by atoms with Crippen LogP contribution in [0.5, 0.6) is 0 Å². The first-order valence-electron chi connectivity index (χ1n) is 13.4. The van der Waals surface area contributed by atoms with Crippen molar-refractivity contribution < 1.29 is 38.1 Å². The summed E-state index contributed by atoms with van der Waals surface area (Å²) in [4.78, 5) is 50.2. The lowest BCUT2D eigenvalue weighted by atomic mass is 10.1. The van der Waals surface area contributed by atoms with Crippen molar-refractivity contribution in [2.45, 2.75) is 58.7 Å². The second kappa shape index (κ2) is 15.6. The van der Waals surface area contributed by atoms with Crippen molar-refractivity contribution >= 4 is 44.4 Å². The first-order chi connectivity index (χ1) is 19.6. The van der Waals surface area contributed by atoms with Crippen molar-refractivity contribution in [2.75, 3.05) is 13.7 Å². The minimum Gasteiger partial charge on any atom is -0.464 e. The van der Waals surface area contributed by atoms with Gasteiger partial charge >= 0.3 is 24.1 Å². The molecule has 0 fully saturated rings. The van der Waals surface area contributed by atoms with E-state index < -0.39 is 37.8 Å². The Labute approximate surface area is 248 Å². The number of ether oxygens (including phenoxy) is 4. The Balaban J connectivity index is 2.29. The first kappa shape index (κ1) is 33.8. The molecule has 0 aliphatic carbocycles. The Bertz CT molecular complexity index is 1310. The maximum Gasteiger partial charge on any atom is 0.412 e. The first-order valence-corrected chi connectivity index (χ1v) is 17.1. The summed E-state index contributed by atoms with van der Waals surface area (Å²) in [6.07, 6.45) is 1.20. The smallest absolute Gasteiger partial charge is 0.412 e. The highest BCUT2D eigenvalue weighted by Gasteiger charge is 2.22. The Kier molecular flexibility index (Phi) is 12.5. The third-order valence-electron chi connectivity index (χ3n) is 5.33. The number of hydrogen-bond acceptors (Lipinski definition) is 8. The molecule has 0 aliphatic rings. The molecule has 2 N–H and O–H groups in total. The fourth-order valence-electron chi connectivity index (χ4n) is 3.28. The number of nitrogens with one attached hydrogen (secondary N) is 2. The molecule has 0 aromatic heterocycles. The number of carbonyl (C=O) groups is 4. The molecule has 0 spiro atoms. The van der Waals surface area contributed by atoms with Gasteiger partial charge in [-0.05, 0) is 61.7 Å². The molecule has 0 aliphatic heterocycles. The SMILES string of the molecule is COC(=O)/C(=C/c1cccc(/C=C(\NC(=O)OC(C)(C)C)C(=O)OCC[Si](C)(C)C)c1)NC(=O)OCc1ccccc1. The Morgan fingerprint density at radius 3 is 1.90 bits per heavy atom. The van der Waals surface area contributed by atoms with E-state index in [2.05, 4.69) is 30.3 Å². The summed E-state index contributed by atoms with van der Waals surface area (Å²) in [5.41, 5.74) is 0.738. The van der Waals surface area contributed by atoms with Gasteiger partial charge in [0.15, 0.2) is 0 Å². The number of carbonyl (C=O) groups excluding carboxylic acids is 4. The molecule has 0 unspecified atom stereocenters. The van der Waals surface area contributed by atoms with Crippen molar-refractivity contribution in [1.29, 1.82) is 0 Å². The molecule has 0 heterocycles. The van der Waals surface area contributed by atoms with Gasteiger partial charge in [0.1, 0.15) is 23.6 Å². The van der Waals surface area contributed by atoms with Gasteiger partial charge in [-0.2, -0.15) is 0 Å². The predicted octanol–water partition coefficient (Wildman–Crippen LogP) is 5.87. The van der Waals surface area contributed by atoms with E-state index in [0.717, 1.165) is 11.6 Å². The molecular formula is C31H40N2O8Si. The van der Waals surface area contributed by atoms with Crippen LogP contribution in [0.25, 0.3) is 12.2 Å². The lowest BCUT2D eigenvalue weighted by Gasteiger charge is -2.20. The van der Waals surface area contributed by atoms with E-state index in [9.17, 15) is 19.2 Å². The number of rotatable bonds is 11. The van der Waals surface area contributed by atoms with Gasteiger partial charge in [-0.15, -0.1) is 0 Å². The van der Waals surface area contributed by atoms with E-state index in [4.69, 9.17) is 18.9 Å². The van der Waals surface area contributed by atoms with Crippen LogP contribution in [0.15, 0.2) is 66.0 Å². The molecule has 0 saturated heterocycles. The lowest BCUT2D eigenvalue weighted by molar-refractivity contribution is -0.139. The molecule has 11 heteroatoms. The zero-order valence-corrected chi connectivity index (χ0v) is 26.2. The average Bonchev–Trinajstić information content (AvgIpc) is 2.89. The summed E-state index contributed by atoms with van der Waals surface area (Å²) in [6.45, 7) is 11.9. The third-order valence-corrected chi connectivity index (χ3v) is 7.03. The third kappa shape index (κ3) is 13.3. The molecule has 0 saturated carbocycles. The molecule has 10 nitrogen and oxygen atoms in total. The van der Waals surface area contributed by atoms with Crippen LogP contribution in [0.4, 0.5) is 9.59 Å². The highest BCUT2D eigenvalue weighted by atomic mass is 28.3. The van der Waals surface area contributed by atoms with E-state index >= 15 is 0 Å². The van der Waals surface area contributed by atoms with E-state index in [1.54, 1.807) is 57.2 Å². The molecule has 0 atom stereocenters. The van der Waals surface area contributed by atoms with Crippen LogP contribution in [0.1, 0.15) is 37.5 Å². The van der Waals surface area contributed by atoms with Gasteiger partial charge in [-0.3, -0.25) is 10.6 Å². The minimum absolute atomic E-state index is 0.0167. The Morgan fingerprint density at radius 2 is 1.36 bits per heavy atom. The van der Waals surface area contributed by atoms with Gasteiger partial charge in [0.25, 0.3) is 0 Å². The monoisotopic (exact) mass is 596 g/mol. The second-order valence-electron chi connectivity index (χ2n) is 11.5. The van der Waals surface area contributed by atoms with Gasteiger partial charge in [0.2, 0.25) is 0 Å². The molecular weight excluding hydrogens is 556 g/mol. The molecule has 2 amide bonds. The van der Waals surface area contributed by atoms with Crippen LogP contribution in [-0.2, 0) is 35.1 Å². The van der Waals surface area contributed by atoms with E-state index in [-0.39, 0.29) is 24.6 Å². The number of hydrogen-bond donors (Lipinski definition) is 2. The number of methoxy groups -OCH3 is 1. The van der Waals surface area contributed by atoms with Gasteiger partial charge in [0.05, 0.1) is 13.7 Å². The largest absolute Gasteiger partial charge is 0.464 e. The fraction of sp³-hybridized carbons (Fsp3) is 0.355. The Hall–Kier alpha value is -4.38. The van der Waals surface area contributed by atoms with Crippen LogP contribution < -0.4 is 10.6 Å². The summed E-state index contributed by atoms with van der Waals surface area (Å²) < 4.78 is 20.8. The summed E-state index contributed by atoms with van der Waals surface area (Å²) >= 11 is 0. The van der Waals surface area contributed by atoms with E-state index in [1.165, 1.54) is 19.3 Å².